The Morgan fingerprint density at radius 2 is 2.31 bits per heavy atom. The number of anilines is 1. The van der Waals surface area contributed by atoms with E-state index in [-0.39, 0.29) is 0 Å². The maximum Gasteiger partial charge on any atom is 0.127 e. The Kier molecular flexibility index (Phi) is 3.51. The van der Waals surface area contributed by atoms with Gasteiger partial charge in [-0.1, -0.05) is 11.6 Å². The molecule has 0 spiro atoms. The van der Waals surface area contributed by atoms with Crippen molar-refractivity contribution >= 4 is 33.2 Å². The Morgan fingerprint density at radius 3 is 2.94 bits per heavy atom. The molecule has 16 heavy (non-hydrogen) atoms. The molecule has 0 aliphatic rings. The third-order valence-corrected chi connectivity index (χ3v) is 3.52. The SMILES string of the molecule is Cn1ccnc1CNc1ccc(Br)c(Cl)c1. The molecule has 84 valence electrons. The van der Waals surface area contributed by atoms with Gasteiger partial charge < -0.3 is 9.88 Å². The first-order chi connectivity index (χ1) is 7.66. The summed E-state index contributed by atoms with van der Waals surface area (Å²) in [7, 11) is 1.97. The molecule has 2 aromatic rings. The molecule has 3 nitrogen and oxygen atoms in total. The van der Waals surface area contributed by atoms with Crippen molar-refractivity contribution in [2.24, 2.45) is 7.05 Å². The van der Waals surface area contributed by atoms with Crippen LogP contribution in [0.15, 0.2) is 35.1 Å². The number of nitrogens with one attached hydrogen (secondary N) is 1. The summed E-state index contributed by atoms with van der Waals surface area (Å²) in [6.45, 7) is 0.682. The summed E-state index contributed by atoms with van der Waals surface area (Å²) < 4.78 is 2.88. The Hall–Kier alpha value is -1.000. The molecule has 5 heteroatoms. The van der Waals surface area contributed by atoms with Crippen molar-refractivity contribution in [2.45, 2.75) is 6.54 Å². The average Bonchev–Trinajstić information content (AvgIpc) is 2.66. The van der Waals surface area contributed by atoms with Gasteiger partial charge in [-0.2, -0.15) is 0 Å². The van der Waals surface area contributed by atoms with Gasteiger partial charge in [0.15, 0.2) is 0 Å². The summed E-state index contributed by atoms with van der Waals surface area (Å²) in [6.07, 6.45) is 3.71. The number of aromatic nitrogens is 2. The number of aryl methyl sites for hydroxylation is 1. The zero-order valence-electron chi connectivity index (χ0n) is 8.74. The topological polar surface area (TPSA) is 29.9 Å². The quantitative estimate of drug-likeness (QED) is 0.941. The lowest BCUT2D eigenvalue weighted by Gasteiger charge is -2.07. The van der Waals surface area contributed by atoms with Gasteiger partial charge >= 0.3 is 0 Å². The van der Waals surface area contributed by atoms with Crippen LogP contribution in [0.2, 0.25) is 5.02 Å². The molecule has 0 aliphatic heterocycles. The summed E-state index contributed by atoms with van der Waals surface area (Å²) in [5, 5.41) is 3.97. The highest BCUT2D eigenvalue weighted by Crippen LogP contribution is 2.25. The number of rotatable bonds is 3. The van der Waals surface area contributed by atoms with Crippen molar-refractivity contribution < 1.29 is 0 Å². The molecule has 0 fully saturated rings. The molecule has 0 saturated heterocycles. The fraction of sp³-hybridized carbons (Fsp3) is 0.182. The monoisotopic (exact) mass is 299 g/mol. The van der Waals surface area contributed by atoms with E-state index < -0.39 is 0 Å². The van der Waals surface area contributed by atoms with Gasteiger partial charge in [-0.05, 0) is 34.1 Å². The summed E-state index contributed by atoms with van der Waals surface area (Å²) in [5.74, 6) is 0.985. The fourth-order valence-corrected chi connectivity index (χ4v) is 1.78. The molecular formula is C11H11BrClN3. The van der Waals surface area contributed by atoms with E-state index in [9.17, 15) is 0 Å². The van der Waals surface area contributed by atoms with Gasteiger partial charge in [0.05, 0.1) is 11.6 Å². The van der Waals surface area contributed by atoms with Crippen molar-refractivity contribution in [3.8, 4) is 0 Å². The van der Waals surface area contributed by atoms with Crippen molar-refractivity contribution in [2.75, 3.05) is 5.32 Å². The predicted octanol–water partition coefficient (Wildman–Crippen LogP) is 3.45. The van der Waals surface area contributed by atoms with Crippen LogP contribution >= 0.6 is 27.5 Å². The van der Waals surface area contributed by atoms with Crippen LogP contribution in [0.5, 0.6) is 0 Å². The van der Waals surface area contributed by atoms with Gasteiger partial charge in [0.25, 0.3) is 0 Å². The first kappa shape index (κ1) is 11.5. The zero-order valence-corrected chi connectivity index (χ0v) is 11.1. The highest BCUT2D eigenvalue weighted by atomic mass is 79.9. The lowest BCUT2D eigenvalue weighted by atomic mass is 10.3. The molecule has 0 aliphatic carbocycles. The van der Waals surface area contributed by atoms with Crippen molar-refractivity contribution in [3.63, 3.8) is 0 Å². The van der Waals surface area contributed by atoms with Crippen LogP contribution in [-0.2, 0) is 13.6 Å². The number of imidazole rings is 1. The molecule has 2 rings (SSSR count). The van der Waals surface area contributed by atoms with E-state index >= 15 is 0 Å². The van der Waals surface area contributed by atoms with Gasteiger partial charge in [0, 0.05) is 29.6 Å². The van der Waals surface area contributed by atoms with Crippen molar-refractivity contribution in [1.82, 2.24) is 9.55 Å². The number of nitrogens with zero attached hydrogens (tertiary/aromatic N) is 2. The highest BCUT2D eigenvalue weighted by Gasteiger charge is 2.01. The minimum absolute atomic E-state index is 0.682. The Bertz CT molecular complexity index is 496. The van der Waals surface area contributed by atoms with Crippen molar-refractivity contribution in [3.05, 3.63) is 45.9 Å². The minimum Gasteiger partial charge on any atom is -0.378 e. The summed E-state index contributed by atoms with van der Waals surface area (Å²) in [6, 6.07) is 5.77. The second kappa shape index (κ2) is 4.89. The van der Waals surface area contributed by atoms with Crippen LogP contribution in [0.3, 0.4) is 0 Å². The van der Waals surface area contributed by atoms with Crippen LogP contribution in [-0.4, -0.2) is 9.55 Å². The standard InChI is InChI=1S/C11H11BrClN3/c1-16-5-4-14-11(16)7-15-8-2-3-9(12)10(13)6-8/h2-6,15H,7H2,1H3. The Morgan fingerprint density at radius 1 is 1.50 bits per heavy atom. The average molecular weight is 301 g/mol. The van der Waals surface area contributed by atoms with Gasteiger partial charge in [-0.3, -0.25) is 0 Å². The van der Waals surface area contributed by atoms with E-state index in [2.05, 4.69) is 26.2 Å². The molecule has 0 radical (unpaired) electrons. The lowest BCUT2D eigenvalue weighted by Crippen LogP contribution is -2.05. The van der Waals surface area contributed by atoms with Crippen molar-refractivity contribution in [1.29, 1.82) is 0 Å². The number of hydrogen-bond donors (Lipinski definition) is 1. The Labute approximate surface area is 108 Å². The molecule has 0 saturated carbocycles. The van der Waals surface area contributed by atoms with E-state index in [1.807, 2.05) is 36.0 Å². The van der Waals surface area contributed by atoms with E-state index in [1.54, 1.807) is 6.20 Å². The van der Waals surface area contributed by atoms with Crippen LogP contribution in [0, 0.1) is 0 Å². The number of hydrogen-bond acceptors (Lipinski definition) is 2. The van der Waals surface area contributed by atoms with E-state index in [0.717, 1.165) is 16.0 Å². The molecule has 0 atom stereocenters. The first-order valence-electron chi connectivity index (χ1n) is 4.82. The molecular weight excluding hydrogens is 289 g/mol. The third kappa shape index (κ3) is 2.57. The predicted molar refractivity (Wildman–Crippen MR) is 69.7 cm³/mol. The number of benzene rings is 1. The van der Waals surface area contributed by atoms with Crippen LogP contribution < -0.4 is 5.32 Å². The molecule has 0 bridgehead atoms. The highest BCUT2D eigenvalue weighted by molar-refractivity contribution is 9.10. The zero-order chi connectivity index (χ0) is 11.5. The van der Waals surface area contributed by atoms with Gasteiger partial charge in [-0.25, -0.2) is 4.98 Å². The normalized spacial score (nSPS) is 10.4. The molecule has 0 amide bonds. The maximum absolute atomic E-state index is 6.00. The molecule has 0 unspecified atom stereocenters. The fourth-order valence-electron chi connectivity index (χ4n) is 1.35. The second-order valence-corrected chi connectivity index (χ2v) is 4.70. The van der Waals surface area contributed by atoms with Crippen LogP contribution in [0.1, 0.15) is 5.82 Å². The smallest absolute Gasteiger partial charge is 0.127 e. The second-order valence-electron chi connectivity index (χ2n) is 3.44. The number of halogens is 2. The maximum atomic E-state index is 6.00. The third-order valence-electron chi connectivity index (χ3n) is 2.29. The lowest BCUT2D eigenvalue weighted by molar-refractivity contribution is 0.813. The van der Waals surface area contributed by atoms with E-state index in [0.29, 0.717) is 11.6 Å². The Balaban J connectivity index is 2.05. The first-order valence-corrected chi connectivity index (χ1v) is 5.99. The van der Waals surface area contributed by atoms with Gasteiger partial charge in [-0.15, -0.1) is 0 Å². The molecule has 1 heterocycles. The summed E-state index contributed by atoms with van der Waals surface area (Å²) in [5.41, 5.74) is 0.983. The minimum atomic E-state index is 0.682. The van der Waals surface area contributed by atoms with E-state index in [1.165, 1.54) is 0 Å². The molecule has 1 N–H and O–H groups in total. The largest absolute Gasteiger partial charge is 0.378 e. The van der Waals surface area contributed by atoms with Gasteiger partial charge in [0.2, 0.25) is 0 Å². The molecule has 1 aromatic carbocycles. The summed E-state index contributed by atoms with van der Waals surface area (Å²) in [4.78, 5) is 4.23. The van der Waals surface area contributed by atoms with Crippen LogP contribution in [0.4, 0.5) is 5.69 Å². The molecule has 1 aromatic heterocycles. The van der Waals surface area contributed by atoms with Gasteiger partial charge in [0.1, 0.15) is 5.82 Å². The van der Waals surface area contributed by atoms with Crippen LogP contribution in [0.25, 0.3) is 0 Å². The van der Waals surface area contributed by atoms with E-state index in [4.69, 9.17) is 11.6 Å². The summed E-state index contributed by atoms with van der Waals surface area (Å²) >= 11 is 9.35.